The van der Waals surface area contributed by atoms with E-state index in [1.807, 2.05) is 0 Å². The molecule has 0 radical (unpaired) electrons. The number of nitrogens with one attached hydrogen (secondary N) is 1. The van der Waals surface area contributed by atoms with Crippen LogP contribution in [0.15, 0.2) is 12.2 Å². The molecule has 1 fully saturated rings. The Labute approximate surface area is 68.9 Å². The van der Waals surface area contributed by atoms with Crippen molar-refractivity contribution in [3.63, 3.8) is 0 Å². The van der Waals surface area contributed by atoms with Gasteiger partial charge in [-0.1, -0.05) is 12.2 Å². The monoisotopic (exact) mass is 151 g/mol. The lowest BCUT2D eigenvalue weighted by molar-refractivity contribution is 0.233. The standard InChI is InChI=1S/C10H17N/c1-8-6-7-9-4-2-3-5-10(9)11-8/h2-3,8-11H,4-7H2,1H3/t8-,9-,10+/m1/s1. The third kappa shape index (κ3) is 1.48. The molecule has 62 valence electrons. The largest absolute Gasteiger partial charge is 0.311 e. The molecule has 3 atom stereocenters. The highest BCUT2D eigenvalue weighted by molar-refractivity contribution is 5.00. The average molecular weight is 151 g/mol. The van der Waals surface area contributed by atoms with Crippen LogP contribution in [0.25, 0.3) is 0 Å². The van der Waals surface area contributed by atoms with Gasteiger partial charge in [0.15, 0.2) is 0 Å². The van der Waals surface area contributed by atoms with E-state index in [0.717, 1.165) is 18.0 Å². The van der Waals surface area contributed by atoms with E-state index >= 15 is 0 Å². The van der Waals surface area contributed by atoms with Crippen molar-refractivity contribution in [3.8, 4) is 0 Å². The van der Waals surface area contributed by atoms with E-state index in [9.17, 15) is 0 Å². The van der Waals surface area contributed by atoms with E-state index in [2.05, 4.69) is 24.4 Å². The first-order chi connectivity index (χ1) is 5.36. The first-order valence-electron chi connectivity index (χ1n) is 4.77. The minimum absolute atomic E-state index is 0.753. The Kier molecular flexibility index (Phi) is 1.99. The van der Waals surface area contributed by atoms with Crippen LogP contribution in [0.4, 0.5) is 0 Å². The Hall–Kier alpha value is -0.300. The molecular formula is C10H17N. The fourth-order valence-corrected chi connectivity index (χ4v) is 2.31. The van der Waals surface area contributed by atoms with Gasteiger partial charge in [-0.3, -0.25) is 0 Å². The molecule has 11 heavy (non-hydrogen) atoms. The normalized spacial score (nSPS) is 43.5. The Bertz CT molecular complexity index is 162. The Morgan fingerprint density at radius 1 is 1.18 bits per heavy atom. The molecular weight excluding hydrogens is 134 g/mol. The maximum absolute atomic E-state index is 3.67. The quantitative estimate of drug-likeness (QED) is 0.523. The second-order valence-electron chi connectivity index (χ2n) is 3.95. The van der Waals surface area contributed by atoms with E-state index in [4.69, 9.17) is 0 Å². The molecule has 1 saturated heterocycles. The van der Waals surface area contributed by atoms with Gasteiger partial charge in [0.2, 0.25) is 0 Å². The first-order valence-corrected chi connectivity index (χ1v) is 4.77. The zero-order valence-electron chi connectivity index (χ0n) is 7.22. The van der Waals surface area contributed by atoms with E-state index in [1.54, 1.807) is 0 Å². The van der Waals surface area contributed by atoms with Crippen LogP contribution in [0.5, 0.6) is 0 Å². The predicted octanol–water partition coefficient (Wildman–Crippen LogP) is 2.09. The summed E-state index contributed by atoms with van der Waals surface area (Å²) in [5.41, 5.74) is 0. The molecule has 0 aromatic heterocycles. The Morgan fingerprint density at radius 2 is 2.00 bits per heavy atom. The number of fused-ring (bicyclic) bond motifs is 1. The highest BCUT2D eigenvalue weighted by Gasteiger charge is 2.27. The highest BCUT2D eigenvalue weighted by atomic mass is 15.0. The van der Waals surface area contributed by atoms with E-state index in [-0.39, 0.29) is 0 Å². The summed E-state index contributed by atoms with van der Waals surface area (Å²) in [5.74, 6) is 0.941. The molecule has 0 saturated carbocycles. The van der Waals surface area contributed by atoms with Crippen LogP contribution < -0.4 is 5.32 Å². The number of allylic oxidation sites excluding steroid dienone is 1. The van der Waals surface area contributed by atoms with Crippen LogP contribution in [-0.4, -0.2) is 12.1 Å². The van der Waals surface area contributed by atoms with Gasteiger partial charge in [-0.2, -0.15) is 0 Å². The number of piperidine rings is 1. The van der Waals surface area contributed by atoms with Crippen molar-refractivity contribution in [2.75, 3.05) is 0 Å². The molecule has 0 unspecified atom stereocenters. The van der Waals surface area contributed by atoms with Crippen LogP contribution >= 0.6 is 0 Å². The number of hydrogen-bond acceptors (Lipinski definition) is 1. The van der Waals surface area contributed by atoms with Gasteiger partial charge in [-0.15, -0.1) is 0 Å². The molecule has 1 nitrogen and oxygen atoms in total. The third-order valence-electron chi connectivity index (χ3n) is 3.03. The van der Waals surface area contributed by atoms with Crippen molar-refractivity contribution in [1.82, 2.24) is 5.32 Å². The second kappa shape index (κ2) is 2.98. The summed E-state index contributed by atoms with van der Waals surface area (Å²) in [5, 5.41) is 3.67. The SMILES string of the molecule is C[C@@H]1CC[C@H]2CC=CC[C@@H]2N1. The zero-order valence-corrected chi connectivity index (χ0v) is 7.22. The molecule has 1 aliphatic heterocycles. The summed E-state index contributed by atoms with van der Waals surface area (Å²) in [4.78, 5) is 0. The van der Waals surface area contributed by atoms with E-state index in [0.29, 0.717) is 0 Å². The van der Waals surface area contributed by atoms with Gasteiger partial charge in [0.1, 0.15) is 0 Å². The fraction of sp³-hybridized carbons (Fsp3) is 0.800. The van der Waals surface area contributed by atoms with Crippen LogP contribution in [0, 0.1) is 5.92 Å². The topological polar surface area (TPSA) is 12.0 Å². The van der Waals surface area contributed by atoms with Crippen molar-refractivity contribution >= 4 is 0 Å². The summed E-state index contributed by atoms with van der Waals surface area (Å²) >= 11 is 0. The number of rotatable bonds is 0. The molecule has 0 spiro atoms. The van der Waals surface area contributed by atoms with Gasteiger partial charge < -0.3 is 5.32 Å². The zero-order chi connectivity index (χ0) is 7.68. The molecule has 0 amide bonds. The minimum Gasteiger partial charge on any atom is -0.311 e. The third-order valence-corrected chi connectivity index (χ3v) is 3.03. The maximum atomic E-state index is 3.67. The Balaban J connectivity index is 2.00. The molecule has 0 bridgehead atoms. The summed E-state index contributed by atoms with van der Waals surface area (Å²) in [6.45, 7) is 2.30. The summed E-state index contributed by atoms with van der Waals surface area (Å²) < 4.78 is 0. The van der Waals surface area contributed by atoms with Crippen molar-refractivity contribution in [2.45, 2.75) is 44.7 Å². The molecule has 1 heteroatoms. The average Bonchev–Trinajstić information content (AvgIpc) is 2.04. The predicted molar refractivity (Wildman–Crippen MR) is 47.5 cm³/mol. The van der Waals surface area contributed by atoms with Crippen LogP contribution in [0.1, 0.15) is 32.6 Å². The van der Waals surface area contributed by atoms with Gasteiger partial charge in [-0.25, -0.2) is 0 Å². The van der Waals surface area contributed by atoms with Gasteiger partial charge >= 0.3 is 0 Å². The van der Waals surface area contributed by atoms with E-state index < -0.39 is 0 Å². The van der Waals surface area contributed by atoms with Crippen LogP contribution in [0.3, 0.4) is 0 Å². The first kappa shape index (κ1) is 7.35. The molecule has 0 aromatic carbocycles. The molecule has 1 N–H and O–H groups in total. The summed E-state index contributed by atoms with van der Waals surface area (Å²) in [6, 6.07) is 1.55. The number of hydrogen-bond donors (Lipinski definition) is 1. The molecule has 0 aromatic rings. The van der Waals surface area contributed by atoms with Gasteiger partial charge in [0.05, 0.1) is 0 Å². The molecule has 2 rings (SSSR count). The van der Waals surface area contributed by atoms with Gasteiger partial charge in [-0.05, 0) is 38.5 Å². The lowest BCUT2D eigenvalue weighted by atomic mass is 9.81. The smallest absolute Gasteiger partial charge is 0.0135 e. The summed E-state index contributed by atoms with van der Waals surface area (Å²) in [6.07, 6.45) is 10.0. The second-order valence-corrected chi connectivity index (χ2v) is 3.95. The maximum Gasteiger partial charge on any atom is 0.0135 e. The molecule has 1 heterocycles. The molecule has 1 aliphatic carbocycles. The lowest BCUT2D eigenvalue weighted by Crippen LogP contribution is -2.46. The molecule has 2 aliphatic rings. The lowest BCUT2D eigenvalue weighted by Gasteiger charge is -2.37. The van der Waals surface area contributed by atoms with Crippen molar-refractivity contribution in [2.24, 2.45) is 5.92 Å². The summed E-state index contributed by atoms with van der Waals surface area (Å²) in [7, 11) is 0. The fourth-order valence-electron chi connectivity index (χ4n) is 2.31. The van der Waals surface area contributed by atoms with Gasteiger partial charge in [0.25, 0.3) is 0 Å². The van der Waals surface area contributed by atoms with Crippen molar-refractivity contribution in [1.29, 1.82) is 0 Å². The van der Waals surface area contributed by atoms with Crippen LogP contribution in [-0.2, 0) is 0 Å². The van der Waals surface area contributed by atoms with E-state index in [1.165, 1.54) is 25.7 Å². The van der Waals surface area contributed by atoms with Crippen molar-refractivity contribution < 1.29 is 0 Å². The van der Waals surface area contributed by atoms with Gasteiger partial charge in [0, 0.05) is 12.1 Å². The Morgan fingerprint density at radius 3 is 2.91 bits per heavy atom. The minimum atomic E-state index is 0.753. The highest BCUT2D eigenvalue weighted by Crippen LogP contribution is 2.28. The van der Waals surface area contributed by atoms with Crippen molar-refractivity contribution in [3.05, 3.63) is 12.2 Å². The van der Waals surface area contributed by atoms with Crippen LogP contribution in [0.2, 0.25) is 0 Å².